The summed E-state index contributed by atoms with van der Waals surface area (Å²) in [5.74, 6) is 0.928. The van der Waals surface area contributed by atoms with E-state index in [2.05, 4.69) is 9.97 Å². The summed E-state index contributed by atoms with van der Waals surface area (Å²) in [5.41, 5.74) is 3.12. The summed E-state index contributed by atoms with van der Waals surface area (Å²) in [6, 6.07) is 10.7. The lowest BCUT2D eigenvalue weighted by atomic mass is 10.1. The summed E-state index contributed by atoms with van der Waals surface area (Å²) in [7, 11) is 3.18. The van der Waals surface area contributed by atoms with Crippen molar-refractivity contribution in [2.75, 3.05) is 14.2 Å². The number of hydrogen-bond acceptors (Lipinski definition) is 4. The van der Waals surface area contributed by atoms with Crippen LogP contribution in [-0.4, -0.2) is 35.3 Å². The number of H-pyrrole nitrogens is 1. The van der Waals surface area contributed by atoms with Crippen LogP contribution < -0.4 is 9.47 Å². The minimum atomic E-state index is -0.995. The van der Waals surface area contributed by atoms with Gasteiger partial charge in [0.15, 0.2) is 11.5 Å². The maximum atomic E-state index is 11.3. The Morgan fingerprint density at radius 3 is 2.60 bits per heavy atom. The number of hydrogen-bond donors (Lipinski definition) is 2. The molecule has 1 heterocycles. The summed E-state index contributed by atoms with van der Waals surface area (Å²) in [5, 5.41) is 9.28. The molecule has 0 bridgehead atoms. The van der Waals surface area contributed by atoms with E-state index in [4.69, 9.17) is 9.47 Å². The van der Waals surface area contributed by atoms with Crippen LogP contribution in [0.2, 0.25) is 0 Å². The number of aromatic amines is 1. The Hall–Kier alpha value is -3.28. The Balaban J connectivity index is 2.02. The van der Waals surface area contributed by atoms with E-state index in [0.717, 1.165) is 11.1 Å². The molecule has 0 spiro atoms. The molecule has 0 saturated heterocycles. The van der Waals surface area contributed by atoms with Crippen LogP contribution in [0, 0.1) is 0 Å². The van der Waals surface area contributed by atoms with Crippen LogP contribution in [0.3, 0.4) is 0 Å². The fraction of sp³-hybridized carbons (Fsp3) is 0.158. The summed E-state index contributed by atoms with van der Waals surface area (Å²) in [6.07, 6.45) is 1.94. The summed E-state index contributed by atoms with van der Waals surface area (Å²) in [4.78, 5) is 18.9. The monoisotopic (exact) mass is 338 g/mol. The molecule has 3 rings (SSSR count). The van der Waals surface area contributed by atoms with Gasteiger partial charge in [0.1, 0.15) is 11.3 Å². The van der Waals surface area contributed by atoms with Crippen molar-refractivity contribution in [2.45, 2.75) is 6.92 Å². The zero-order valence-electron chi connectivity index (χ0n) is 14.2. The summed E-state index contributed by atoms with van der Waals surface area (Å²) >= 11 is 0. The summed E-state index contributed by atoms with van der Waals surface area (Å²) in [6.45, 7) is 1.91. The first-order valence-electron chi connectivity index (χ1n) is 7.66. The second-order valence-corrected chi connectivity index (χ2v) is 5.53. The Bertz CT molecular complexity index is 973. The third kappa shape index (κ3) is 3.19. The standard InChI is InChI=1S/C19H18N2O4/c1-11(9-12-7-8-15(24-2)16(10-12)25-3)18-20-14-6-4-5-13(19(22)23)17(14)21-18/h4-10H,1-3H3,(H,20,21)(H,22,23)/b11-9+. The molecular weight excluding hydrogens is 320 g/mol. The third-order valence-electron chi connectivity index (χ3n) is 3.91. The minimum absolute atomic E-state index is 0.180. The largest absolute Gasteiger partial charge is 0.493 e. The topological polar surface area (TPSA) is 84.4 Å². The Morgan fingerprint density at radius 2 is 1.92 bits per heavy atom. The van der Waals surface area contributed by atoms with Crippen LogP contribution in [-0.2, 0) is 0 Å². The smallest absolute Gasteiger partial charge is 0.337 e. The van der Waals surface area contributed by atoms with Crippen LogP contribution in [0.25, 0.3) is 22.7 Å². The molecule has 6 nitrogen and oxygen atoms in total. The molecule has 0 aliphatic heterocycles. The quantitative estimate of drug-likeness (QED) is 0.738. The van der Waals surface area contributed by atoms with Gasteiger partial charge in [0, 0.05) is 0 Å². The number of methoxy groups -OCH3 is 2. The molecule has 2 aromatic carbocycles. The molecule has 0 aliphatic rings. The molecule has 2 N–H and O–H groups in total. The number of carboxylic acid groups (broad SMARTS) is 1. The number of carbonyl (C=O) groups is 1. The molecule has 0 atom stereocenters. The van der Waals surface area contributed by atoms with Gasteiger partial charge in [0.2, 0.25) is 0 Å². The van der Waals surface area contributed by atoms with Crippen molar-refractivity contribution in [1.82, 2.24) is 9.97 Å². The van der Waals surface area contributed by atoms with E-state index in [1.807, 2.05) is 37.3 Å². The van der Waals surface area contributed by atoms with Crippen LogP contribution in [0.4, 0.5) is 0 Å². The van der Waals surface area contributed by atoms with Gasteiger partial charge < -0.3 is 19.6 Å². The number of nitrogens with one attached hydrogen (secondary N) is 1. The number of imidazole rings is 1. The molecule has 0 saturated carbocycles. The van der Waals surface area contributed by atoms with Gasteiger partial charge in [-0.1, -0.05) is 12.1 Å². The van der Waals surface area contributed by atoms with Crippen molar-refractivity contribution >= 4 is 28.7 Å². The van der Waals surface area contributed by atoms with Gasteiger partial charge in [-0.2, -0.15) is 0 Å². The molecule has 128 valence electrons. The number of aromatic nitrogens is 2. The highest BCUT2D eigenvalue weighted by molar-refractivity contribution is 6.01. The van der Waals surface area contributed by atoms with Gasteiger partial charge in [0.05, 0.1) is 25.3 Å². The van der Waals surface area contributed by atoms with Gasteiger partial charge in [-0.15, -0.1) is 0 Å². The molecule has 0 radical (unpaired) electrons. The highest BCUT2D eigenvalue weighted by Crippen LogP contribution is 2.29. The minimum Gasteiger partial charge on any atom is -0.493 e. The second-order valence-electron chi connectivity index (χ2n) is 5.53. The molecule has 0 unspecified atom stereocenters. The van der Waals surface area contributed by atoms with Crippen molar-refractivity contribution in [2.24, 2.45) is 0 Å². The van der Waals surface area contributed by atoms with Crippen molar-refractivity contribution in [1.29, 1.82) is 0 Å². The highest BCUT2D eigenvalue weighted by atomic mass is 16.5. The summed E-state index contributed by atoms with van der Waals surface area (Å²) < 4.78 is 10.5. The van der Waals surface area contributed by atoms with E-state index in [1.54, 1.807) is 26.4 Å². The maximum absolute atomic E-state index is 11.3. The van der Waals surface area contributed by atoms with Crippen molar-refractivity contribution in [3.8, 4) is 11.5 Å². The molecule has 3 aromatic rings. The van der Waals surface area contributed by atoms with E-state index < -0.39 is 5.97 Å². The van der Waals surface area contributed by atoms with Crippen molar-refractivity contribution < 1.29 is 19.4 Å². The molecule has 0 aliphatic carbocycles. The fourth-order valence-electron chi connectivity index (χ4n) is 2.65. The number of fused-ring (bicyclic) bond motifs is 1. The first-order valence-corrected chi connectivity index (χ1v) is 7.66. The van der Waals surface area contributed by atoms with Crippen LogP contribution >= 0.6 is 0 Å². The van der Waals surface area contributed by atoms with Crippen LogP contribution in [0.1, 0.15) is 28.7 Å². The predicted octanol–water partition coefficient (Wildman–Crippen LogP) is 3.84. The number of aromatic carboxylic acids is 1. The molecule has 25 heavy (non-hydrogen) atoms. The molecule has 1 aromatic heterocycles. The lowest BCUT2D eigenvalue weighted by molar-refractivity contribution is 0.0699. The Kier molecular flexibility index (Phi) is 4.43. The van der Waals surface area contributed by atoms with E-state index in [0.29, 0.717) is 28.4 Å². The maximum Gasteiger partial charge on any atom is 0.337 e. The van der Waals surface area contributed by atoms with Gasteiger partial charge in [-0.05, 0) is 48.4 Å². The number of allylic oxidation sites excluding steroid dienone is 1. The van der Waals surface area contributed by atoms with E-state index in [1.165, 1.54) is 0 Å². The zero-order valence-corrected chi connectivity index (χ0v) is 14.2. The predicted molar refractivity (Wildman–Crippen MR) is 96.1 cm³/mol. The Morgan fingerprint density at radius 1 is 1.16 bits per heavy atom. The zero-order chi connectivity index (χ0) is 18.0. The van der Waals surface area contributed by atoms with Crippen molar-refractivity contribution in [3.63, 3.8) is 0 Å². The normalized spacial score (nSPS) is 11.6. The average molecular weight is 338 g/mol. The van der Waals surface area contributed by atoms with E-state index in [-0.39, 0.29) is 5.56 Å². The number of para-hydroxylation sites is 1. The van der Waals surface area contributed by atoms with Gasteiger partial charge >= 0.3 is 5.97 Å². The van der Waals surface area contributed by atoms with E-state index >= 15 is 0 Å². The van der Waals surface area contributed by atoms with Crippen LogP contribution in [0.15, 0.2) is 36.4 Å². The second kappa shape index (κ2) is 6.68. The number of nitrogens with zero attached hydrogens (tertiary/aromatic N) is 1. The Labute approximate surface area is 144 Å². The SMILES string of the molecule is COc1ccc(/C=C(\C)c2nc3c(C(=O)O)cccc3[nH]2)cc1OC. The number of carboxylic acids is 1. The van der Waals surface area contributed by atoms with Crippen LogP contribution in [0.5, 0.6) is 11.5 Å². The van der Waals surface area contributed by atoms with Gasteiger partial charge in [0.25, 0.3) is 0 Å². The average Bonchev–Trinajstić information content (AvgIpc) is 3.05. The lowest BCUT2D eigenvalue weighted by Gasteiger charge is -2.08. The third-order valence-corrected chi connectivity index (χ3v) is 3.91. The first-order chi connectivity index (χ1) is 12.0. The van der Waals surface area contributed by atoms with Gasteiger partial charge in [-0.3, -0.25) is 0 Å². The number of rotatable bonds is 5. The highest BCUT2D eigenvalue weighted by Gasteiger charge is 2.13. The number of ether oxygens (including phenoxy) is 2. The fourth-order valence-corrected chi connectivity index (χ4v) is 2.65. The number of benzene rings is 2. The first kappa shape index (κ1) is 16.6. The molecule has 6 heteroatoms. The van der Waals surface area contributed by atoms with Gasteiger partial charge in [-0.25, -0.2) is 9.78 Å². The van der Waals surface area contributed by atoms with E-state index in [9.17, 15) is 9.90 Å². The molecule has 0 amide bonds. The van der Waals surface area contributed by atoms with Crippen molar-refractivity contribution in [3.05, 3.63) is 53.3 Å². The molecule has 0 fully saturated rings. The molecular formula is C19H18N2O4. The lowest BCUT2D eigenvalue weighted by Crippen LogP contribution is -1.96.